The molecule has 0 radical (unpaired) electrons. The van der Waals surface area contributed by atoms with Crippen LogP contribution in [0.4, 0.5) is 0 Å². The Kier molecular flexibility index (Phi) is 7.21. The number of aliphatic hydroxyl groups is 3. The normalized spacial score (nSPS) is 40.6. The Balaban J connectivity index is 2.19. The average Bonchev–Trinajstić information content (AvgIpc) is 2.71. The minimum absolute atomic E-state index is 0.393. The molecule has 8 heteroatoms. The lowest BCUT2D eigenvalue weighted by atomic mass is 9.75. The molecule has 7 atom stereocenters. The number of hydrogen-bond acceptors (Lipinski definition) is 8. The number of ether oxygens (including phenoxy) is 4. The van der Waals surface area contributed by atoms with Crippen LogP contribution in [0.3, 0.4) is 0 Å². The maximum atomic E-state index is 10.8. The van der Waals surface area contributed by atoms with Crippen LogP contribution in [-0.4, -0.2) is 82.7 Å². The molecule has 2 aliphatic heterocycles. The maximum Gasteiger partial charge on any atom is 0.187 e. The van der Waals surface area contributed by atoms with Crippen molar-refractivity contribution in [1.82, 2.24) is 5.32 Å². The SMILES string of the molecule is CCNCC1OC(OC(C)(C)C)C(O)C(O)C1OC1OC(C)(C)C(C)(C)C1O. The van der Waals surface area contributed by atoms with Gasteiger partial charge in [-0.1, -0.05) is 20.8 Å². The van der Waals surface area contributed by atoms with Gasteiger partial charge in [0, 0.05) is 12.0 Å². The molecule has 0 saturated carbocycles. The van der Waals surface area contributed by atoms with Crippen molar-refractivity contribution in [2.75, 3.05) is 13.1 Å². The first-order chi connectivity index (χ1) is 12.7. The first-order valence-electron chi connectivity index (χ1n) is 10.1. The highest BCUT2D eigenvalue weighted by atomic mass is 16.7. The Labute approximate surface area is 168 Å². The van der Waals surface area contributed by atoms with Gasteiger partial charge in [-0.3, -0.25) is 0 Å². The van der Waals surface area contributed by atoms with Gasteiger partial charge >= 0.3 is 0 Å². The van der Waals surface area contributed by atoms with Gasteiger partial charge in [-0.2, -0.15) is 0 Å². The van der Waals surface area contributed by atoms with Crippen molar-refractivity contribution < 1.29 is 34.3 Å². The Bertz CT molecular complexity index is 519. The summed E-state index contributed by atoms with van der Waals surface area (Å²) >= 11 is 0. The quantitative estimate of drug-likeness (QED) is 0.513. The molecule has 2 rings (SSSR count). The molecule has 0 aromatic carbocycles. The summed E-state index contributed by atoms with van der Waals surface area (Å²) in [5.41, 5.74) is -1.72. The van der Waals surface area contributed by atoms with Gasteiger partial charge in [0.15, 0.2) is 12.6 Å². The lowest BCUT2D eigenvalue weighted by molar-refractivity contribution is -0.340. The Morgan fingerprint density at radius 3 is 2.07 bits per heavy atom. The highest BCUT2D eigenvalue weighted by Gasteiger charge is 2.57. The van der Waals surface area contributed by atoms with Crippen LogP contribution in [0.5, 0.6) is 0 Å². The summed E-state index contributed by atoms with van der Waals surface area (Å²) in [6, 6.07) is 0. The first kappa shape index (κ1) is 24.0. The molecule has 2 fully saturated rings. The number of likely N-dealkylation sites (N-methyl/N-ethyl adjacent to an activating group) is 1. The molecular weight excluding hydrogens is 366 g/mol. The number of hydrogen-bond donors (Lipinski definition) is 4. The number of aliphatic hydroxyl groups excluding tert-OH is 3. The van der Waals surface area contributed by atoms with Crippen molar-refractivity contribution in [2.45, 2.75) is 110 Å². The highest BCUT2D eigenvalue weighted by Crippen LogP contribution is 2.47. The summed E-state index contributed by atoms with van der Waals surface area (Å²) in [6.45, 7) is 16.2. The van der Waals surface area contributed by atoms with Crippen molar-refractivity contribution in [3.05, 3.63) is 0 Å². The first-order valence-corrected chi connectivity index (χ1v) is 10.1. The molecular formula is C20H39NO7. The minimum atomic E-state index is -1.29. The maximum absolute atomic E-state index is 10.8. The minimum Gasteiger partial charge on any atom is -0.387 e. The summed E-state index contributed by atoms with van der Waals surface area (Å²) in [4.78, 5) is 0. The van der Waals surface area contributed by atoms with Crippen molar-refractivity contribution in [3.8, 4) is 0 Å². The molecule has 166 valence electrons. The molecule has 0 aliphatic carbocycles. The van der Waals surface area contributed by atoms with Gasteiger partial charge in [-0.15, -0.1) is 0 Å². The molecule has 4 N–H and O–H groups in total. The third-order valence-electron chi connectivity index (χ3n) is 5.96. The second-order valence-corrected chi connectivity index (χ2v) is 9.83. The fourth-order valence-electron chi connectivity index (χ4n) is 3.43. The van der Waals surface area contributed by atoms with E-state index in [1.54, 1.807) is 0 Å². The van der Waals surface area contributed by atoms with Crippen molar-refractivity contribution in [3.63, 3.8) is 0 Å². The van der Waals surface area contributed by atoms with E-state index in [0.29, 0.717) is 13.1 Å². The molecule has 7 unspecified atom stereocenters. The van der Waals surface area contributed by atoms with Crippen LogP contribution in [0.25, 0.3) is 0 Å². The van der Waals surface area contributed by atoms with Crippen molar-refractivity contribution in [2.24, 2.45) is 5.41 Å². The second kappa shape index (κ2) is 8.43. The third kappa shape index (κ3) is 4.87. The third-order valence-corrected chi connectivity index (χ3v) is 5.96. The van der Waals surface area contributed by atoms with E-state index in [9.17, 15) is 15.3 Å². The molecule has 2 aliphatic rings. The predicted octanol–water partition coefficient (Wildman–Crippen LogP) is 0.765. The standard InChI is InChI=1S/C20H39NO7/c1-9-21-10-11-14(12(22)13(23)16(25-11)27-18(2,3)4)26-17-15(24)19(5,6)20(7,8)28-17/h11-17,21-24H,9-10H2,1-8H3. The van der Waals surface area contributed by atoms with E-state index in [1.807, 2.05) is 55.4 Å². The monoisotopic (exact) mass is 405 g/mol. The molecule has 2 saturated heterocycles. The van der Waals surface area contributed by atoms with Crippen LogP contribution in [0.15, 0.2) is 0 Å². The van der Waals surface area contributed by atoms with E-state index < -0.39 is 59.7 Å². The lowest BCUT2D eigenvalue weighted by Gasteiger charge is -2.45. The topological polar surface area (TPSA) is 110 Å². The molecule has 0 aromatic rings. The van der Waals surface area contributed by atoms with Crippen LogP contribution < -0.4 is 5.32 Å². The Hall–Kier alpha value is -0.320. The zero-order valence-electron chi connectivity index (χ0n) is 18.4. The smallest absolute Gasteiger partial charge is 0.187 e. The zero-order valence-corrected chi connectivity index (χ0v) is 18.4. The van der Waals surface area contributed by atoms with E-state index in [2.05, 4.69) is 5.32 Å². The molecule has 0 amide bonds. The molecule has 28 heavy (non-hydrogen) atoms. The van der Waals surface area contributed by atoms with Gasteiger partial charge in [-0.05, 0) is 41.2 Å². The van der Waals surface area contributed by atoms with Crippen LogP contribution in [0.1, 0.15) is 55.4 Å². The van der Waals surface area contributed by atoms with Crippen molar-refractivity contribution >= 4 is 0 Å². The number of rotatable bonds is 6. The summed E-state index contributed by atoms with van der Waals surface area (Å²) in [6.07, 6.45) is -6.85. The van der Waals surface area contributed by atoms with Crippen LogP contribution in [0.2, 0.25) is 0 Å². The van der Waals surface area contributed by atoms with Gasteiger partial charge in [0.2, 0.25) is 0 Å². The highest BCUT2D eigenvalue weighted by molar-refractivity contribution is 5.02. The molecule has 0 bridgehead atoms. The van der Waals surface area contributed by atoms with Crippen LogP contribution >= 0.6 is 0 Å². The summed E-state index contributed by atoms with van der Waals surface area (Å²) in [7, 11) is 0. The van der Waals surface area contributed by atoms with Crippen LogP contribution in [-0.2, 0) is 18.9 Å². The molecule has 0 spiro atoms. The molecule has 8 nitrogen and oxygen atoms in total. The van der Waals surface area contributed by atoms with E-state index in [4.69, 9.17) is 18.9 Å². The van der Waals surface area contributed by atoms with Gasteiger partial charge in [0.25, 0.3) is 0 Å². The van der Waals surface area contributed by atoms with Crippen LogP contribution in [0, 0.1) is 5.41 Å². The zero-order chi connectivity index (χ0) is 21.5. The summed E-state index contributed by atoms with van der Waals surface area (Å²) < 4.78 is 23.7. The van der Waals surface area contributed by atoms with Gasteiger partial charge < -0.3 is 39.6 Å². The van der Waals surface area contributed by atoms with Gasteiger partial charge in [-0.25, -0.2) is 0 Å². The Morgan fingerprint density at radius 1 is 1.00 bits per heavy atom. The van der Waals surface area contributed by atoms with Gasteiger partial charge in [0.05, 0.1) is 11.2 Å². The summed E-state index contributed by atoms with van der Waals surface area (Å²) in [5, 5.41) is 35.2. The van der Waals surface area contributed by atoms with E-state index in [1.165, 1.54) is 0 Å². The largest absolute Gasteiger partial charge is 0.387 e. The Morgan fingerprint density at radius 2 is 1.61 bits per heavy atom. The number of nitrogens with one attached hydrogen (secondary N) is 1. The second-order valence-electron chi connectivity index (χ2n) is 9.83. The van der Waals surface area contributed by atoms with E-state index in [0.717, 1.165) is 0 Å². The summed E-state index contributed by atoms with van der Waals surface area (Å²) in [5.74, 6) is 0. The van der Waals surface area contributed by atoms with Crippen molar-refractivity contribution in [1.29, 1.82) is 0 Å². The molecule has 2 heterocycles. The molecule has 0 aromatic heterocycles. The lowest BCUT2D eigenvalue weighted by Crippen LogP contribution is -2.63. The fraction of sp³-hybridized carbons (Fsp3) is 1.00. The average molecular weight is 406 g/mol. The van der Waals surface area contributed by atoms with E-state index in [-0.39, 0.29) is 0 Å². The predicted molar refractivity (Wildman–Crippen MR) is 104 cm³/mol. The van der Waals surface area contributed by atoms with Gasteiger partial charge in [0.1, 0.15) is 30.5 Å². The fourth-order valence-corrected chi connectivity index (χ4v) is 3.43. The van der Waals surface area contributed by atoms with E-state index >= 15 is 0 Å².